The van der Waals surface area contributed by atoms with Crippen molar-refractivity contribution < 1.29 is 4.79 Å². The quantitative estimate of drug-likeness (QED) is 0.498. The Hall–Kier alpha value is -2.87. The van der Waals surface area contributed by atoms with Gasteiger partial charge in [-0.25, -0.2) is 4.68 Å². The number of amides is 1. The second-order valence-corrected chi connectivity index (χ2v) is 8.16. The van der Waals surface area contributed by atoms with Crippen LogP contribution in [0.5, 0.6) is 0 Å². The van der Waals surface area contributed by atoms with Gasteiger partial charge in [0, 0.05) is 31.0 Å². The summed E-state index contributed by atoms with van der Waals surface area (Å²) in [7, 11) is 0. The lowest BCUT2D eigenvalue weighted by atomic mass is 9.90. The molecule has 0 aliphatic carbocycles. The SMILES string of the molecule is Nn1c(SCC(=O)N2CCC(Cc3ccccc3)CC2)nnc1-c1cccnc1. The molecule has 1 aliphatic rings. The van der Waals surface area contributed by atoms with Crippen LogP contribution in [0.4, 0.5) is 0 Å². The molecular formula is C21H24N6OS. The van der Waals surface area contributed by atoms with Gasteiger partial charge in [0.1, 0.15) is 0 Å². The first-order valence-electron chi connectivity index (χ1n) is 9.76. The maximum Gasteiger partial charge on any atom is 0.233 e. The fraction of sp³-hybridized carbons (Fsp3) is 0.333. The monoisotopic (exact) mass is 408 g/mol. The standard InChI is InChI=1S/C21H24N6OS/c22-27-20(18-7-4-10-23-14-18)24-25-21(27)29-15-19(28)26-11-8-17(9-12-26)13-16-5-2-1-3-6-16/h1-7,10,14,17H,8-9,11-13,15,22H2. The van der Waals surface area contributed by atoms with E-state index in [0.29, 0.717) is 22.7 Å². The Morgan fingerprint density at radius 2 is 1.90 bits per heavy atom. The Bertz CT molecular complexity index is 938. The number of aromatic nitrogens is 4. The molecule has 0 radical (unpaired) electrons. The van der Waals surface area contributed by atoms with Gasteiger partial charge < -0.3 is 10.7 Å². The molecule has 0 saturated carbocycles. The number of carbonyl (C=O) groups is 1. The molecule has 0 unspecified atom stereocenters. The number of nitrogens with two attached hydrogens (primary N) is 1. The number of nitrogens with zero attached hydrogens (tertiary/aromatic N) is 5. The highest BCUT2D eigenvalue weighted by atomic mass is 32.2. The number of piperidine rings is 1. The summed E-state index contributed by atoms with van der Waals surface area (Å²) in [6.45, 7) is 1.63. The Morgan fingerprint density at radius 3 is 2.62 bits per heavy atom. The van der Waals surface area contributed by atoms with Crippen molar-refractivity contribution in [3.8, 4) is 11.4 Å². The number of benzene rings is 1. The molecule has 1 aliphatic heterocycles. The predicted octanol–water partition coefficient (Wildman–Crippen LogP) is 2.63. The molecule has 3 heterocycles. The summed E-state index contributed by atoms with van der Waals surface area (Å²) in [5.41, 5.74) is 2.17. The van der Waals surface area contributed by atoms with Gasteiger partial charge in [-0.3, -0.25) is 9.78 Å². The van der Waals surface area contributed by atoms with E-state index >= 15 is 0 Å². The van der Waals surface area contributed by atoms with Crippen LogP contribution < -0.4 is 5.84 Å². The lowest BCUT2D eigenvalue weighted by molar-refractivity contribution is -0.129. The first-order valence-corrected chi connectivity index (χ1v) is 10.7. The molecule has 4 rings (SSSR count). The first kappa shape index (κ1) is 19.4. The summed E-state index contributed by atoms with van der Waals surface area (Å²) in [6.07, 6.45) is 6.56. The lowest BCUT2D eigenvalue weighted by Crippen LogP contribution is -2.39. The number of carbonyl (C=O) groups excluding carboxylic acids is 1. The van der Waals surface area contributed by atoms with E-state index in [-0.39, 0.29) is 5.91 Å². The van der Waals surface area contributed by atoms with Gasteiger partial charge >= 0.3 is 0 Å². The fourth-order valence-corrected chi connectivity index (χ4v) is 4.38. The zero-order valence-corrected chi connectivity index (χ0v) is 17.0. The molecule has 2 aromatic heterocycles. The molecule has 0 atom stereocenters. The smallest absolute Gasteiger partial charge is 0.233 e. The highest BCUT2D eigenvalue weighted by Crippen LogP contribution is 2.24. The fourth-order valence-electron chi connectivity index (χ4n) is 3.62. The van der Waals surface area contributed by atoms with Crippen molar-refractivity contribution in [3.05, 3.63) is 60.4 Å². The van der Waals surface area contributed by atoms with Crippen LogP contribution in [0.1, 0.15) is 18.4 Å². The third kappa shape index (κ3) is 4.76. The Morgan fingerprint density at radius 1 is 1.10 bits per heavy atom. The molecule has 8 heteroatoms. The third-order valence-electron chi connectivity index (χ3n) is 5.24. The van der Waals surface area contributed by atoms with E-state index in [2.05, 4.69) is 39.4 Å². The number of rotatable bonds is 6. The van der Waals surface area contributed by atoms with Crippen LogP contribution >= 0.6 is 11.8 Å². The molecular weight excluding hydrogens is 384 g/mol. The van der Waals surface area contributed by atoms with Crippen LogP contribution in [-0.2, 0) is 11.2 Å². The van der Waals surface area contributed by atoms with Crippen molar-refractivity contribution in [3.63, 3.8) is 0 Å². The molecule has 29 heavy (non-hydrogen) atoms. The van der Waals surface area contributed by atoms with Crippen molar-refractivity contribution >= 4 is 17.7 Å². The summed E-state index contributed by atoms with van der Waals surface area (Å²) < 4.78 is 1.42. The van der Waals surface area contributed by atoms with E-state index in [4.69, 9.17) is 5.84 Å². The summed E-state index contributed by atoms with van der Waals surface area (Å²) in [6, 6.07) is 14.3. The average molecular weight is 409 g/mol. The molecule has 1 fully saturated rings. The molecule has 1 amide bonds. The number of hydrogen-bond donors (Lipinski definition) is 1. The van der Waals surface area contributed by atoms with Crippen LogP contribution in [0.2, 0.25) is 0 Å². The zero-order valence-electron chi connectivity index (χ0n) is 16.1. The Balaban J connectivity index is 1.27. The highest BCUT2D eigenvalue weighted by Gasteiger charge is 2.23. The van der Waals surface area contributed by atoms with Crippen LogP contribution in [0, 0.1) is 5.92 Å². The van der Waals surface area contributed by atoms with Crippen molar-refractivity contribution in [2.75, 3.05) is 24.7 Å². The highest BCUT2D eigenvalue weighted by molar-refractivity contribution is 7.99. The predicted molar refractivity (Wildman–Crippen MR) is 114 cm³/mol. The minimum Gasteiger partial charge on any atom is -0.342 e. The van der Waals surface area contributed by atoms with Gasteiger partial charge in [0.15, 0.2) is 5.82 Å². The van der Waals surface area contributed by atoms with E-state index in [0.717, 1.165) is 37.9 Å². The maximum absolute atomic E-state index is 12.6. The number of nitrogen functional groups attached to an aromatic ring is 1. The van der Waals surface area contributed by atoms with Gasteiger partial charge in [0.25, 0.3) is 0 Å². The minimum atomic E-state index is 0.124. The van der Waals surface area contributed by atoms with Gasteiger partial charge in [0.2, 0.25) is 11.1 Å². The van der Waals surface area contributed by atoms with Gasteiger partial charge in [-0.2, -0.15) is 0 Å². The van der Waals surface area contributed by atoms with E-state index in [9.17, 15) is 4.79 Å². The number of likely N-dealkylation sites (tertiary alicyclic amines) is 1. The number of thioether (sulfide) groups is 1. The van der Waals surface area contributed by atoms with Crippen LogP contribution in [0.25, 0.3) is 11.4 Å². The molecule has 7 nitrogen and oxygen atoms in total. The summed E-state index contributed by atoms with van der Waals surface area (Å²) in [5.74, 6) is 7.72. The average Bonchev–Trinajstić information content (AvgIpc) is 3.14. The molecule has 3 aromatic rings. The molecule has 1 saturated heterocycles. The van der Waals surface area contributed by atoms with E-state index < -0.39 is 0 Å². The van der Waals surface area contributed by atoms with Crippen molar-refractivity contribution in [2.24, 2.45) is 5.92 Å². The maximum atomic E-state index is 12.6. The van der Waals surface area contributed by atoms with Crippen molar-refractivity contribution in [2.45, 2.75) is 24.4 Å². The van der Waals surface area contributed by atoms with E-state index in [1.54, 1.807) is 12.4 Å². The third-order valence-corrected chi connectivity index (χ3v) is 6.17. The normalized spacial score (nSPS) is 14.8. The molecule has 1 aromatic carbocycles. The molecule has 2 N–H and O–H groups in total. The van der Waals surface area contributed by atoms with Crippen LogP contribution in [0.3, 0.4) is 0 Å². The van der Waals surface area contributed by atoms with Gasteiger partial charge in [-0.05, 0) is 42.9 Å². The second kappa shape index (κ2) is 9.09. The van der Waals surface area contributed by atoms with E-state index in [1.165, 1.54) is 22.0 Å². The second-order valence-electron chi connectivity index (χ2n) is 7.22. The summed E-state index contributed by atoms with van der Waals surface area (Å²) in [4.78, 5) is 18.6. The minimum absolute atomic E-state index is 0.124. The van der Waals surface area contributed by atoms with Crippen LogP contribution in [-0.4, -0.2) is 49.5 Å². The Labute approximate surface area is 174 Å². The topological polar surface area (TPSA) is 89.9 Å². The van der Waals surface area contributed by atoms with Crippen LogP contribution in [0.15, 0.2) is 60.0 Å². The zero-order chi connectivity index (χ0) is 20.1. The largest absolute Gasteiger partial charge is 0.342 e. The van der Waals surface area contributed by atoms with Gasteiger partial charge in [-0.1, -0.05) is 42.1 Å². The van der Waals surface area contributed by atoms with E-state index in [1.807, 2.05) is 23.1 Å². The molecule has 150 valence electrons. The summed E-state index contributed by atoms with van der Waals surface area (Å²) in [5, 5.41) is 8.77. The summed E-state index contributed by atoms with van der Waals surface area (Å²) >= 11 is 1.32. The number of pyridine rings is 1. The van der Waals surface area contributed by atoms with Crippen molar-refractivity contribution in [1.29, 1.82) is 0 Å². The van der Waals surface area contributed by atoms with Gasteiger partial charge in [-0.15, -0.1) is 10.2 Å². The Kier molecular flexibility index (Phi) is 6.09. The first-order chi connectivity index (χ1) is 14.2. The lowest BCUT2D eigenvalue weighted by Gasteiger charge is -2.32. The molecule has 0 bridgehead atoms. The number of hydrogen-bond acceptors (Lipinski definition) is 6. The molecule has 0 spiro atoms. The van der Waals surface area contributed by atoms with Crippen molar-refractivity contribution in [1.82, 2.24) is 24.8 Å². The van der Waals surface area contributed by atoms with Gasteiger partial charge in [0.05, 0.1) is 5.75 Å².